The number of halogens is 4. The summed E-state index contributed by atoms with van der Waals surface area (Å²) in [5.41, 5.74) is 3.34. The number of alkyl halides is 4. The van der Waals surface area contributed by atoms with Crippen molar-refractivity contribution in [2.24, 2.45) is 11.1 Å². The zero-order chi connectivity index (χ0) is 24.1. The number of nitrogens with two attached hydrogens (primary N) is 1. The van der Waals surface area contributed by atoms with Crippen LogP contribution in [0.2, 0.25) is 0 Å². The van der Waals surface area contributed by atoms with Gasteiger partial charge >= 0.3 is 6.18 Å². The van der Waals surface area contributed by atoms with E-state index in [0.29, 0.717) is 0 Å². The smallest absolute Gasteiger partial charge is 0.396 e. The van der Waals surface area contributed by atoms with Gasteiger partial charge in [-0.05, 0) is 19.9 Å². The van der Waals surface area contributed by atoms with E-state index in [0.717, 1.165) is 6.54 Å². The van der Waals surface area contributed by atoms with E-state index in [1.165, 1.54) is 39.5 Å². The first-order valence-corrected chi connectivity index (χ1v) is 11.5. The molecule has 2 unspecified atom stereocenters. The van der Waals surface area contributed by atoms with Crippen molar-refractivity contribution in [3.63, 3.8) is 0 Å². The molecule has 0 spiro atoms. The molecule has 0 aromatic heterocycles. The van der Waals surface area contributed by atoms with Crippen LogP contribution in [-0.4, -0.2) is 73.7 Å². The highest BCUT2D eigenvalue weighted by Gasteiger charge is 2.31. The van der Waals surface area contributed by atoms with Crippen LogP contribution in [0.25, 0.3) is 0 Å². The maximum Gasteiger partial charge on any atom is 0.411 e. The lowest BCUT2D eigenvalue weighted by Gasteiger charge is -2.29. The van der Waals surface area contributed by atoms with Crippen LogP contribution in [0, 0.1) is 5.41 Å². The SMILES string of the molecule is CC.CC(O)(COCBr)COCC(C)(CO)COCC(F)(F)F.CCCCCCN. The average Bonchev–Trinajstić information content (AvgIpc) is 2.68. The van der Waals surface area contributed by atoms with E-state index in [-0.39, 0.29) is 31.9 Å². The van der Waals surface area contributed by atoms with Gasteiger partial charge in [0.2, 0.25) is 0 Å². The van der Waals surface area contributed by atoms with Crippen molar-refractivity contribution in [2.75, 3.05) is 51.7 Å². The quantitative estimate of drug-likeness (QED) is 0.224. The molecule has 4 N–H and O–H groups in total. The zero-order valence-electron chi connectivity index (χ0n) is 19.2. The molecule has 0 heterocycles. The van der Waals surface area contributed by atoms with Gasteiger partial charge in [0.1, 0.15) is 17.7 Å². The molecule has 2 atom stereocenters. The van der Waals surface area contributed by atoms with Gasteiger partial charge in [-0.3, -0.25) is 0 Å². The second-order valence-electron chi connectivity index (χ2n) is 7.37. The van der Waals surface area contributed by atoms with Gasteiger partial charge in [-0.1, -0.05) is 62.9 Å². The van der Waals surface area contributed by atoms with Crippen molar-refractivity contribution < 1.29 is 37.6 Å². The Hall–Kier alpha value is 0.0300. The van der Waals surface area contributed by atoms with Crippen molar-refractivity contribution in [3.8, 4) is 0 Å². The normalized spacial score (nSPS) is 15.2. The van der Waals surface area contributed by atoms with Crippen LogP contribution < -0.4 is 5.73 Å². The molecule has 0 bridgehead atoms. The third-order valence-corrected chi connectivity index (χ3v) is 3.83. The largest absolute Gasteiger partial charge is 0.411 e. The van der Waals surface area contributed by atoms with Crippen LogP contribution in [-0.2, 0) is 14.2 Å². The fraction of sp³-hybridized carbons (Fsp3) is 1.00. The molecule has 0 aromatic carbocycles. The molecule has 10 heteroatoms. The maximum absolute atomic E-state index is 12.0. The molecule has 0 aliphatic rings. The summed E-state index contributed by atoms with van der Waals surface area (Å²) >= 11 is 3.04. The Bertz CT molecular complexity index is 360. The topological polar surface area (TPSA) is 94.2 Å². The van der Waals surface area contributed by atoms with Gasteiger partial charge in [0.15, 0.2) is 0 Å². The fourth-order valence-electron chi connectivity index (χ4n) is 1.93. The summed E-state index contributed by atoms with van der Waals surface area (Å²) < 4.78 is 50.8. The van der Waals surface area contributed by atoms with Crippen molar-refractivity contribution in [1.29, 1.82) is 0 Å². The first-order valence-electron chi connectivity index (χ1n) is 10.3. The van der Waals surface area contributed by atoms with E-state index in [4.69, 9.17) is 15.2 Å². The summed E-state index contributed by atoms with van der Waals surface area (Å²) in [6.07, 6.45) is 0.756. The van der Waals surface area contributed by atoms with Crippen molar-refractivity contribution in [1.82, 2.24) is 0 Å². The Kier molecular flexibility index (Phi) is 24.1. The van der Waals surface area contributed by atoms with Gasteiger partial charge in [-0.25, -0.2) is 0 Å². The monoisotopic (exact) mass is 513 g/mol. The summed E-state index contributed by atoms with van der Waals surface area (Å²) in [5.74, 6) is 0. The van der Waals surface area contributed by atoms with Gasteiger partial charge in [0.05, 0.1) is 33.0 Å². The minimum Gasteiger partial charge on any atom is -0.396 e. The minimum absolute atomic E-state index is 0.0403. The summed E-state index contributed by atoms with van der Waals surface area (Å²) in [5, 5.41) is 19.1. The van der Waals surface area contributed by atoms with Gasteiger partial charge in [-0.2, -0.15) is 13.2 Å². The second-order valence-corrected chi connectivity index (χ2v) is 7.83. The number of hydrogen-bond donors (Lipinski definition) is 3. The van der Waals surface area contributed by atoms with Crippen molar-refractivity contribution >= 4 is 15.9 Å². The molecule has 0 fully saturated rings. The lowest BCUT2D eigenvalue weighted by molar-refractivity contribution is -0.185. The molecule has 0 aliphatic heterocycles. The van der Waals surface area contributed by atoms with Crippen LogP contribution >= 0.6 is 15.9 Å². The molecule has 30 heavy (non-hydrogen) atoms. The molecular weight excluding hydrogens is 471 g/mol. The summed E-state index contributed by atoms with van der Waals surface area (Å²) in [6, 6.07) is 0. The van der Waals surface area contributed by atoms with E-state index < -0.39 is 30.4 Å². The molecule has 0 rings (SSSR count). The molecule has 6 nitrogen and oxygen atoms in total. The molecule has 0 amide bonds. The lowest BCUT2D eigenvalue weighted by atomic mass is 9.94. The zero-order valence-corrected chi connectivity index (χ0v) is 20.8. The standard InChI is InChI=1S/C12H22BrF3O5.C6H15N.C2H6/c1-10(3-17,5-20-8-12(14,15)16)4-19-6-11(2,18)7-21-9-13;1-2-3-4-5-6-7;1-2/h17-18H,3-9H2,1-2H3;2-7H2,1H3;1-2H3. The van der Waals surface area contributed by atoms with Gasteiger partial charge < -0.3 is 30.2 Å². The molecular formula is C20H43BrF3NO5. The van der Waals surface area contributed by atoms with E-state index in [1.54, 1.807) is 0 Å². The van der Waals surface area contributed by atoms with Gasteiger partial charge in [-0.15, -0.1) is 0 Å². The highest BCUT2D eigenvalue weighted by molar-refractivity contribution is 9.09. The van der Waals surface area contributed by atoms with Gasteiger partial charge in [0, 0.05) is 5.41 Å². The van der Waals surface area contributed by atoms with Gasteiger partial charge in [0.25, 0.3) is 0 Å². The predicted molar refractivity (Wildman–Crippen MR) is 118 cm³/mol. The molecule has 0 radical (unpaired) electrons. The number of rotatable bonds is 15. The highest BCUT2D eigenvalue weighted by Crippen LogP contribution is 2.21. The third kappa shape index (κ3) is 26.1. The highest BCUT2D eigenvalue weighted by atomic mass is 79.9. The summed E-state index contributed by atoms with van der Waals surface area (Å²) in [4.78, 5) is 0. The maximum atomic E-state index is 12.0. The third-order valence-electron chi connectivity index (χ3n) is 3.51. The Morgan fingerprint density at radius 3 is 1.77 bits per heavy atom. The van der Waals surface area contributed by atoms with Crippen LogP contribution in [0.4, 0.5) is 13.2 Å². The number of aliphatic hydroxyl groups excluding tert-OH is 1. The molecule has 0 aromatic rings. The van der Waals surface area contributed by atoms with Crippen molar-refractivity contribution in [2.45, 2.75) is 72.1 Å². The lowest BCUT2D eigenvalue weighted by Crippen LogP contribution is -2.40. The summed E-state index contributed by atoms with van der Waals surface area (Å²) in [6.45, 7) is 7.95. The van der Waals surface area contributed by atoms with E-state index in [1.807, 2.05) is 13.8 Å². The molecule has 186 valence electrons. The minimum atomic E-state index is -4.41. The van der Waals surface area contributed by atoms with Crippen molar-refractivity contribution in [3.05, 3.63) is 0 Å². The number of ether oxygens (including phenoxy) is 3. The second kappa shape index (κ2) is 20.9. The number of aliphatic hydroxyl groups is 2. The molecule has 0 saturated heterocycles. The predicted octanol–water partition coefficient (Wildman–Crippen LogP) is 4.25. The van der Waals surface area contributed by atoms with Crippen LogP contribution in [0.15, 0.2) is 0 Å². The van der Waals surface area contributed by atoms with E-state index >= 15 is 0 Å². The van der Waals surface area contributed by atoms with E-state index in [9.17, 15) is 23.4 Å². The van der Waals surface area contributed by atoms with Crippen LogP contribution in [0.3, 0.4) is 0 Å². The number of unbranched alkanes of at least 4 members (excludes halogenated alkanes) is 3. The number of hydrogen-bond acceptors (Lipinski definition) is 6. The van der Waals surface area contributed by atoms with Crippen LogP contribution in [0.1, 0.15) is 60.3 Å². The van der Waals surface area contributed by atoms with Crippen LogP contribution in [0.5, 0.6) is 0 Å². The first-order chi connectivity index (χ1) is 13.9. The average molecular weight is 514 g/mol. The molecule has 0 aliphatic carbocycles. The Labute approximate surface area is 188 Å². The Balaban J connectivity index is -0.000000680. The Morgan fingerprint density at radius 1 is 0.867 bits per heavy atom. The summed E-state index contributed by atoms with van der Waals surface area (Å²) in [7, 11) is 0. The van der Waals surface area contributed by atoms with E-state index in [2.05, 4.69) is 27.6 Å². The molecule has 0 saturated carbocycles. The fourth-order valence-corrected chi connectivity index (χ4v) is 2.10. The first kappa shape index (κ1) is 34.6. The Morgan fingerprint density at radius 2 is 1.37 bits per heavy atom.